The van der Waals surface area contributed by atoms with Gasteiger partial charge in [0.2, 0.25) is 0 Å². The van der Waals surface area contributed by atoms with Crippen molar-refractivity contribution < 1.29 is 60.9 Å². The molecule has 0 saturated heterocycles. The van der Waals surface area contributed by atoms with Crippen LogP contribution in [0.4, 0.5) is 9.59 Å². The van der Waals surface area contributed by atoms with E-state index in [0.29, 0.717) is 67.8 Å². The first-order valence-corrected chi connectivity index (χ1v) is 16.4. The summed E-state index contributed by atoms with van der Waals surface area (Å²) in [5.41, 5.74) is 0. The summed E-state index contributed by atoms with van der Waals surface area (Å²) in [6.07, 6.45) is 11.0. The molecule has 2 heterocycles. The molecule has 0 aliphatic heterocycles. The molecule has 49 heavy (non-hydrogen) atoms. The molecule has 4 aromatic rings. The number of imidazole rings is 2. The smallest absolute Gasteiger partial charge is 1.00 e. The maximum atomic E-state index is 12.3. The Bertz CT molecular complexity index is 1410. The SMILES string of the molecule is CCCN(CCOc1c(Cl)cc(Cl)cc1Cl)C(=O)n1ccnc1.CCCN(CCOc1c(Cl)cc(Cl)cc1Cl)C(=O)n1ccnc1.[Cl-].[Cl-].[Fe+2]. The van der Waals surface area contributed by atoms with Gasteiger partial charge in [-0.3, -0.25) is 9.13 Å². The Hall–Kier alpha value is -1.76. The van der Waals surface area contributed by atoms with Crippen molar-refractivity contribution in [1.29, 1.82) is 0 Å². The van der Waals surface area contributed by atoms with Gasteiger partial charge in [-0.1, -0.05) is 83.5 Å². The molecular weight excluding hydrogens is 848 g/mol. The molecule has 19 heteroatoms. The van der Waals surface area contributed by atoms with Crippen LogP contribution in [0, 0.1) is 0 Å². The second-order valence-corrected chi connectivity index (χ2v) is 12.1. The van der Waals surface area contributed by atoms with E-state index in [1.807, 2.05) is 13.8 Å². The van der Waals surface area contributed by atoms with E-state index in [0.717, 1.165) is 12.8 Å². The van der Waals surface area contributed by atoms with E-state index in [-0.39, 0.29) is 67.2 Å². The van der Waals surface area contributed by atoms with Crippen LogP contribution >= 0.6 is 69.6 Å². The van der Waals surface area contributed by atoms with E-state index in [1.54, 1.807) is 58.9 Å². The fourth-order valence-corrected chi connectivity index (χ4v) is 5.92. The summed E-state index contributed by atoms with van der Waals surface area (Å²) in [6.45, 7) is 6.57. The van der Waals surface area contributed by atoms with Crippen LogP contribution in [0.25, 0.3) is 0 Å². The van der Waals surface area contributed by atoms with Crippen LogP contribution in [-0.4, -0.2) is 80.4 Å². The average molecular weight is 880 g/mol. The number of hydrogen-bond acceptors (Lipinski definition) is 6. The molecule has 270 valence electrons. The molecule has 2 aromatic carbocycles. The Morgan fingerprint density at radius 2 is 0.959 bits per heavy atom. The van der Waals surface area contributed by atoms with Gasteiger partial charge in [0.15, 0.2) is 11.5 Å². The molecule has 2 amide bonds. The summed E-state index contributed by atoms with van der Waals surface area (Å²) in [7, 11) is 0. The Kier molecular flexibility index (Phi) is 23.6. The Balaban J connectivity index is 0.000000886. The molecule has 0 aliphatic rings. The van der Waals surface area contributed by atoms with Crippen molar-refractivity contribution in [1.82, 2.24) is 28.9 Å². The molecule has 10 nitrogen and oxygen atoms in total. The van der Waals surface area contributed by atoms with Crippen molar-refractivity contribution in [3.63, 3.8) is 0 Å². The number of benzene rings is 2. The predicted octanol–water partition coefficient (Wildman–Crippen LogP) is 3.21. The third-order valence-corrected chi connectivity index (χ3v) is 7.68. The summed E-state index contributed by atoms with van der Waals surface area (Å²) in [6, 6.07) is 5.94. The van der Waals surface area contributed by atoms with E-state index >= 15 is 0 Å². The van der Waals surface area contributed by atoms with Gasteiger partial charge in [0.1, 0.15) is 25.9 Å². The van der Waals surface area contributed by atoms with Gasteiger partial charge in [-0.15, -0.1) is 0 Å². The minimum Gasteiger partial charge on any atom is -1.00 e. The van der Waals surface area contributed by atoms with Crippen LogP contribution in [0.1, 0.15) is 26.7 Å². The molecule has 0 radical (unpaired) electrons. The normalized spacial score (nSPS) is 9.96. The third-order valence-electron chi connectivity index (χ3n) is 6.12. The van der Waals surface area contributed by atoms with Crippen molar-refractivity contribution >= 4 is 81.7 Å². The van der Waals surface area contributed by atoms with Crippen LogP contribution in [0.5, 0.6) is 11.5 Å². The van der Waals surface area contributed by atoms with Crippen LogP contribution in [-0.2, 0) is 17.1 Å². The van der Waals surface area contributed by atoms with E-state index in [4.69, 9.17) is 79.1 Å². The van der Waals surface area contributed by atoms with Gasteiger partial charge in [-0.05, 0) is 37.1 Å². The molecule has 0 atom stereocenters. The van der Waals surface area contributed by atoms with E-state index in [9.17, 15) is 9.59 Å². The minimum absolute atomic E-state index is 0. The van der Waals surface area contributed by atoms with Crippen molar-refractivity contribution in [3.05, 3.63) is 91.8 Å². The van der Waals surface area contributed by atoms with Crippen LogP contribution < -0.4 is 34.3 Å². The molecule has 0 unspecified atom stereocenters. The number of carbonyl (C=O) groups excluding carboxylic acids is 2. The Morgan fingerprint density at radius 3 is 1.22 bits per heavy atom. The molecule has 2 aromatic heterocycles. The van der Waals surface area contributed by atoms with Gasteiger partial charge in [0.25, 0.3) is 0 Å². The maximum Gasteiger partial charge on any atom is 2.00 e. The van der Waals surface area contributed by atoms with Crippen molar-refractivity contribution in [2.45, 2.75) is 26.7 Å². The molecular formula is C30H32Cl8FeN6O4. The van der Waals surface area contributed by atoms with E-state index < -0.39 is 0 Å². The third kappa shape index (κ3) is 14.8. The molecule has 0 fully saturated rings. The Morgan fingerprint density at radius 1 is 0.633 bits per heavy atom. The van der Waals surface area contributed by atoms with Crippen molar-refractivity contribution in [2.24, 2.45) is 0 Å². The zero-order valence-corrected chi connectivity index (χ0v) is 33.3. The average Bonchev–Trinajstić information content (AvgIpc) is 3.74. The number of amides is 2. The van der Waals surface area contributed by atoms with Gasteiger partial charge in [0.05, 0.1) is 33.2 Å². The molecule has 0 N–H and O–H groups in total. The maximum absolute atomic E-state index is 12.3. The summed E-state index contributed by atoms with van der Waals surface area (Å²) < 4.78 is 14.1. The fourth-order valence-electron chi connectivity index (χ4n) is 4.07. The topological polar surface area (TPSA) is 94.7 Å². The molecule has 0 bridgehead atoms. The van der Waals surface area contributed by atoms with Crippen molar-refractivity contribution in [3.8, 4) is 11.5 Å². The molecule has 0 saturated carbocycles. The second kappa shape index (κ2) is 24.4. The number of rotatable bonds is 12. The molecule has 0 aliphatic carbocycles. The van der Waals surface area contributed by atoms with Crippen LogP contribution in [0.2, 0.25) is 30.1 Å². The largest absolute Gasteiger partial charge is 2.00 e. The first-order chi connectivity index (χ1) is 22.0. The summed E-state index contributed by atoms with van der Waals surface area (Å²) in [5, 5.41) is 2.23. The zero-order chi connectivity index (χ0) is 33.6. The molecule has 4 rings (SSSR count). The quantitative estimate of drug-likeness (QED) is 0.203. The number of nitrogens with zero attached hydrogens (tertiary/aromatic N) is 6. The molecule has 0 spiro atoms. The first-order valence-electron chi connectivity index (χ1n) is 14.1. The Labute approximate surface area is 338 Å². The second-order valence-electron chi connectivity index (χ2n) is 9.57. The van der Waals surface area contributed by atoms with Gasteiger partial charge >= 0.3 is 29.1 Å². The predicted molar refractivity (Wildman–Crippen MR) is 184 cm³/mol. The number of hydrogen-bond donors (Lipinski definition) is 0. The van der Waals surface area contributed by atoms with E-state index in [1.165, 1.54) is 21.8 Å². The summed E-state index contributed by atoms with van der Waals surface area (Å²) in [4.78, 5) is 35.8. The zero-order valence-electron chi connectivity index (χ0n) is 26.1. The number of aromatic nitrogens is 4. The monoisotopic (exact) mass is 876 g/mol. The van der Waals surface area contributed by atoms with Crippen LogP contribution in [0.3, 0.4) is 0 Å². The minimum atomic E-state index is -0.152. The van der Waals surface area contributed by atoms with Gasteiger partial charge < -0.3 is 44.1 Å². The van der Waals surface area contributed by atoms with E-state index in [2.05, 4.69) is 9.97 Å². The number of halogens is 8. The summed E-state index contributed by atoms with van der Waals surface area (Å²) >= 11 is 36.0. The van der Waals surface area contributed by atoms with Crippen molar-refractivity contribution in [2.75, 3.05) is 39.4 Å². The van der Waals surface area contributed by atoms with Gasteiger partial charge in [-0.25, -0.2) is 19.6 Å². The first kappa shape index (κ1) is 47.2. The summed E-state index contributed by atoms with van der Waals surface area (Å²) in [5.74, 6) is 0.730. The number of ether oxygens (including phenoxy) is 2. The van der Waals surface area contributed by atoms with Crippen LogP contribution in [0.15, 0.2) is 61.7 Å². The van der Waals surface area contributed by atoms with Gasteiger partial charge in [0, 0.05) is 47.9 Å². The standard InChI is InChI=1S/2C15H16Cl3N3O2.2ClH.Fe/c2*1-2-4-20(15(22)21-5-3-19-10-21)6-7-23-14-12(17)8-11(16)9-13(14)18;;;/h2*3,5,8-10H,2,4,6-7H2,1H3;2*1H;/q;;;;+2/p-2. The van der Waals surface area contributed by atoms with Gasteiger partial charge in [-0.2, -0.15) is 0 Å². The number of carbonyl (C=O) groups is 2. The fraction of sp³-hybridized carbons (Fsp3) is 0.333.